The molecule has 3 atom stereocenters. The van der Waals surface area contributed by atoms with Crippen LogP contribution >= 0.6 is 0 Å². The maximum absolute atomic E-state index is 13.3. The van der Waals surface area contributed by atoms with E-state index in [0.717, 1.165) is 56.7 Å². The molecule has 0 bridgehead atoms. The van der Waals surface area contributed by atoms with E-state index >= 15 is 0 Å². The molecule has 0 spiro atoms. The number of carbonyl (C=O) groups excluding carboxylic acids is 3. The van der Waals surface area contributed by atoms with Gasteiger partial charge in [-0.05, 0) is 79.6 Å². The molecule has 1 saturated carbocycles. The van der Waals surface area contributed by atoms with Crippen molar-refractivity contribution in [3.8, 4) is 0 Å². The molecule has 0 radical (unpaired) electrons. The molecule has 228 valence electrons. The predicted octanol–water partition coefficient (Wildman–Crippen LogP) is 2.59. The number of esters is 2. The smallest absolute Gasteiger partial charge is 0.329 e. The lowest BCUT2D eigenvalue weighted by atomic mass is 9.84. The fourth-order valence-electron chi connectivity index (χ4n) is 6.24. The zero-order valence-electron chi connectivity index (χ0n) is 25.3. The third-order valence-electron chi connectivity index (χ3n) is 8.01. The molecule has 1 saturated heterocycles. The SMILES string of the molecule is CC(C)(C)OC(=O)CC[C@H](NC(=O)C1CCC(N2CC3CNc4nc(N)nc(N)c4C3C2)CC1)C(=O)OC(C)(C)C. The first-order valence-electron chi connectivity index (χ1n) is 14.8. The van der Waals surface area contributed by atoms with E-state index in [1.807, 2.05) is 0 Å². The van der Waals surface area contributed by atoms with Crippen molar-refractivity contribution in [2.24, 2.45) is 11.8 Å². The van der Waals surface area contributed by atoms with E-state index in [1.165, 1.54) is 0 Å². The molecule has 3 heterocycles. The molecule has 1 aromatic rings. The summed E-state index contributed by atoms with van der Waals surface area (Å²) in [6.07, 6.45) is 3.36. The highest BCUT2D eigenvalue weighted by Gasteiger charge is 2.43. The van der Waals surface area contributed by atoms with Gasteiger partial charge in [0.15, 0.2) is 0 Å². The lowest BCUT2D eigenvalue weighted by Gasteiger charge is -2.35. The van der Waals surface area contributed by atoms with Crippen LogP contribution in [0.3, 0.4) is 0 Å². The second-order valence-corrected chi connectivity index (χ2v) is 13.7. The minimum absolute atomic E-state index is 0.00558. The zero-order valence-corrected chi connectivity index (χ0v) is 25.3. The number of amides is 1. The van der Waals surface area contributed by atoms with E-state index in [4.69, 9.17) is 20.9 Å². The van der Waals surface area contributed by atoms with Crippen molar-refractivity contribution in [1.82, 2.24) is 20.2 Å². The Morgan fingerprint density at radius 3 is 2.29 bits per heavy atom. The minimum atomic E-state index is -0.914. The maximum Gasteiger partial charge on any atom is 0.329 e. The Bertz CT molecular complexity index is 1140. The lowest BCUT2D eigenvalue weighted by Crippen LogP contribution is -2.48. The van der Waals surface area contributed by atoms with Crippen LogP contribution in [0.25, 0.3) is 0 Å². The van der Waals surface area contributed by atoms with Gasteiger partial charge in [-0.3, -0.25) is 14.5 Å². The van der Waals surface area contributed by atoms with Crippen molar-refractivity contribution >= 4 is 35.4 Å². The molecular formula is C29H47N7O5. The fraction of sp³-hybridized carbons (Fsp3) is 0.759. The van der Waals surface area contributed by atoms with Gasteiger partial charge in [0, 0.05) is 49.5 Å². The Morgan fingerprint density at radius 1 is 1.00 bits per heavy atom. The van der Waals surface area contributed by atoms with Crippen LogP contribution in [-0.2, 0) is 23.9 Å². The Morgan fingerprint density at radius 2 is 1.66 bits per heavy atom. The van der Waals surface area contributed by atoms with Crippen LogP contribution in [0.2, 0.25) is 0 Å². The maximum atomic E-state index is 13.3. The summed E-state index contributed by atoms with van der Waals surface area (Å²) in [6.45, 7) is 13.4. The highest BCUT2D eigenvalue weighted by atomic mass is 16.6. The topological polar surface area (TPSA) is 175 Å². The standard InChI is InChI=1S/C29H47N7O5/c1-28(2,3)40-21(37)12-11-20(26(39)41-29(4,5)6)33-25(38)16-7-9-18(10-8-16)36-14-17-13-32-24-22(19(17)15-36)23(30)34-27(31)35-24/h16-20H,7-15H2,1-6H3,(H,33,38)(H5,30,31,32,34,35)/t16?,17?,18?,19?,20-/m0/s1. The number of nitrogens with two attached hydrogens (primary N) is 2. The number of nitrogens with zero attached hydrogens (tertiary/aromatic N) is 3. The van der Waals surface area contributed by atoms with Crippen LogP contribution in [0.5, 0.6) is 0 Å². The van der Waals surface area contributed by atoms with Gasteiger partial charge < -0.3 is 31.6 Å². The first-order valence-corrected chi connectivity index (χ1v) is 14.8. The summed E-state index contributed by atoms with van der Waals surface area (Å²) >= 11 is 0. The Hall–Kier alpha value is -3.15. The van der Waals surface area contributed by atoms with Gasteiger partial charge in [0.1, 0.15) is 28.9 Å². The molecule has 2 unspecified atom stereocenters. The molecule has 2 fully saturated rings. The van der Waals surface area contributed by atoms with Crippen molar-refractivity contribution in [3.05, 3.63) is 5.56 Å². The molecule has 1 amide bonds. The summed E-state index contributed by atoms with van der Waals surface area (Å²) in [5.74, 6) is 0.717. The van der Waals surface area contributed by atoms with Crippen molar-refractivity contribution in [3.63, 3.8) is 0 Å². The number of nitrogen functional groups attached to an aromatic ring is 2. The van der Waals surface area contributed by atoms with Crippen LogP contribution in [0, 0.1) is 11.8 Å². The van der Waals surface area contributed by atoms with E-state index in [9.17, 15) is 14.4 Å². The highest BCUT2D eigenvalue weighted by Crippen LogP contribution is 2.44. The molecule has 0 aromatic carbocycles. The van der Waals surface area contributed by atoms with Crippen molar-refractivity contribution < 1.29 is 23.9 Å². The molecule has 6 N–H and O–H groups in total. The number of aromatic nitrogens is 2. The van der Waals surface area contributed by atoms with E-state index in [-0.39, 0.29) is 36.5 Å². The quantitative estimate of drug-likeness (QED) is 0.353. The predicted molar refractivity (Wildman–Crippen MR) is 156 cm³/mol. The van der Waals surface area contributed by atoms with E-state index in [2.05, 4.69) is 25.5 Å². The molecule has 1 aromatic heterocycles. The lowest BCUT2D eigenvalue weighted by molar-refractivity contribution is -0.160. The zero-order chi connectivity index (χ0) is 30.1. The third-order valence-corrected chi connectivity index (χ3v) is 8.01. The number of rotatable bonds is 7. The first kappa shape index (κ1) is 30.8. The Balaban J connectivity index is 1.32. The van der Waals surface area contributed by atoms with Gasteiger partial charge in [0.2, 0.25) is 11.9 Å². The molecule has 41 heavy (non-hydrogen) atoms. The molecule has 12 heteroatoms. The largest absolute Gasteiger partial charge is 0.460 e. The highest BCUT2D eigenvalue weighted by molar-refractivity contribution is 5.86. The monoisotopic (exact) mass is 573 g/mol. The van der Waals surface area contributed by atoms with Crippen LogP contribution < -0.4 is 22.1 Å². The number of nitrogens with one attached hydrogen (secondary N) is 2. The summed E-state index contributed by atoms with van der Waals surface area (Å²) in [5.41, 5.74) is 11.7. The minimum Gasteiger partial charge on any atom is -0.460 e. The van der Waals surface area contributed by atoms with E-state index in [1.54, 1.807) is 41.5 Å². The van der Waals surface area contributed by atoms with Crippen LogP contribution in [0.15, 0.2) is 0 Å². The average molecular weight is 574 g/mol. The summed E-state index contributed by atoms with van der Waals surface area (Å²) < 4.78 is 10.9. The van der Waals surface area contributed by atoms with Gasteiger partial charge >= 0.3 is 11.9 Å². The average Bonchev–Trinajstić information content (AvgIpc) is 3.28. The second-order valence-electron chi connectivity index (χ2n) is 13.7. The van der Waals surface area contributed by atoms with Gasteiger partial charge in [-0.1, -0.05) is 0 Å². The number of fused-ring (bicyclic) bond motifs is 3. The van der Waals surface area contributed by atoms with Crippen molar-refractivity contribution in [2.75, 3.05) is 36.4 Å². The number of carbonyl (C=O) groups is 3. The summed E-state index contributed by atoms with van der Waals surface area (Å²) in [6, 6.07) is -0.541. The van der Waals surface area contributed by atoms with Crippen molar-refractivity contribution in [2.45, 2.75) is 109 Å². The molecular weight excluding hydrogens is 526 g/mol. The van der Waals surface area contributed by atoms with E-state index in [0.29, 0.717) is 17.8 Å². The van der Waals surface area contributed by atoms with Crippen LogP contribution in [0.1, 0.15) is 91.5 Å². The molecule has 2 aliphatic heterocycles. The fourth-order valence-corrected chi connectivity index (χ4v) is 6.24. The van der Waals surface area contributed by atoms with Crippen LogP contribution in [-0.4, -0.2) is 75.6 Å². The first-order chi connectivity index (χ1) is 19.1. The molecule has 3 aliphatic rings. The Labute approximate surface area is 242 Å². The number of ether oxygens (including phenoxy) is 2. The van der Waals surface area contributed by atoms with Crippen LogP contribution in [0.4, 0.5) is 17.6 Å². The summed E-state index contributed by atoms with van der Waals surface area (Å²) in [5, 5.41) is 6.27. The molecule has 1 aliphatic carbocycles. The van der Waals surface area contributed by atoms with Gasteiger partial charge in [-0.25, -0.2) is 4.79 Å². The van der Waals surface area contributed by atoms with Gasteiger partial charge in [-0.15, -0.1) is 0 Å². The number of hydrogen-bond donors (Lipinski definition) is 4. The van der Waals surface area contributed by atoms with Gasteiger partial charge in [0.05, 0.1) is 0 Å². The summed E-state index contributed by atoms with van der Waals surface area (Å²) in [4.78, 5) is 49.6. The normalized spacial score (nSPS) is 25.3. The second kappa shape index (κ2) is 12.0. The molecule has 4 rings (SSSR count). The number of anilines is 3. The van der Waals surface area contributed by atoms with E-state index < -0.39 is 29.2 Å². The van der Waals surface area contributed by atoms with Gasteiger partial charge in [-0.2, -0.15) is 9.97 Å². The third kappa shape index (κ3) is 7.99. The summed E-state index contributed by atoms with van der Waals surface area (Å²) in [7, 11) is 0. The number of likely N-dealkylation sites (tertiary alicyclic amines) is 1. The molecule has 12 nitrogen and oxygen atoms in total. The van der Waals surface area contributed by atoms with Crippen molar-refractivity contribution in [1.29, 1.82) is 0 Å². The Kier molecular flexibility index (Phi) is 9.01. The van der Waals surface area contributed by atoms with Gasteiger partial charge in [0.25, 0.3) is 0 Å². The number of hydrogen-bond acceptors (Lipinski definition) is 11.